The Kier molecular flexibility index (Phi) is 1.64. The second-order valence-electron chi connectivity index (χ2n) is 3.87. The SMILES string of the molecule is [2H]c1nc([2H])n(C([2H])(c2cc([2H])c(C#N)c([2H])c2[2H])c2c([2H])c([2H])c(C#N)c([2H])c2[2H])n1. The molecule has 3 aromatic rings. The van der Waals surface area contributed by atoms with Gasteiger partial charge >= 0.3 is 0 Å². The Bertz CT molecular complexity index is 1340. The minimum absolute atomic E-state index is 0.462. The minimum atomic E-state index is -2.77. The standard InChI is InChI=1S/C17H11N5/c18-9-13-1-5-15(6-2-13)17(22-12-20-11-21-22)16-7-3-14(10-19)4-8-16/h1-8,11-12,17H/i1D,2D,3D,4D,5D,6D,7D,11D,12D,17D. The fourth-order valence-electron chi connectivity index (χ4n) is 1.63. The summed E-state index contributed by atoms with van der Waals surface area (Å²) in [6.07, 6.45) is -1.51. The molecule has 0 aliphatic rings. The summed E-state index contributed by atoms with van der Waals surface area (Å²) >= 11 is 0. The zero-order valence-electron chi connectivity index (χ0n) is 20.8. The number of nitriles is 2. The molecule has 0 aliphatic heterocycles. The highest BCUT2D eigenvalue weighted by atomic mass is 15.3. The van der Waals surface area contributed by atoms with E-state index in [9.17, 15) is 10.5 Å². The van der Waals surface area contributed by atoms with Gasteiger partial charge in [-0.3, -0.25) is 0 Å². The smallest absolute Gasteiger partial charge is 0.137 e. The lowest BCUT2D eigenvalue weighted by molar-refractivity contribution is 0.594. The minimum Gasteiger partial charge on any atom is -0.241 e. The van der Waals surface area contributed by atoms with E-state index >= 15 is 0 Å². The third-order valence-corrected chi connectivity index (χ3v) is 2.57. The molecule has 1 heterocycles. The molecular weight excluding hydrogens is 274 g/mol. The number of rotatable bonds is 3. The average Bonchev–Trinajstić information content (AvgIpc) is 3.08. The highest BCUT2D eigenvalue weighted by molar-refractivity contribution is 5.40. The summed E-state index contributed by atoms with van der Waals surface area (Å²) in [5.41, 5.74) is -2.35. The molecule has 1 aromatic heterocycles. The molecule has 0 radical (unpaired) electrons. The zero-order valence-corrected chi connectivity index (χ0v) is 10.8. The van der Waals surface area contributed by atoms with Crippen LogP contribution in [0, 0.1) is 22.7 Å². The monoisotopic (exact) mass is 295 g/mol. The Morgan fingerprint density at radius 3 is 2.23 bits per heavy atom. The second kappa shape index (κ2) is 5.90. The first-order chi connectivity index (χ1) is 14.9. The zero-order chi connectivity index (χ0) is 24.1. The van der Waals surface area contributed by atoms with Gasteiger partial charge in [-0.05, 0) is 35.3 Å². The topological polar surface area (TPSA) is 78.3 Å². The highest BCUT2D eigenvalue weighted by Crippen LogP contribution is 2.26. The van der Waals surface area contributed by atoms with E-state index in [0.717, 1.165) is 6.07 Å². The van der Waals surface area contributed by atoms with Gasteiger partial charge in [0.05, 0.1) is 34.2 Å². The number of hydrogen-bond acceptors (Lipinski definition) is 4. The summed E-state index contributed by atoms with van der Waals surface area (Å²) in [7, 11) is 0. The van der Waals surface area contributed by atoms with Crippen LogP contribution in [0.3, 0.4) is 0 Å². The van der Waals surface area contributed by atoms with Crippen LogP contribution in [0.15, 0.2) is 61.0 Å². The van der Waals surface area contributed by atoms with E-state index in [1.165, 1.54) is 0 Å². The molecule has 1 atom stereocenters. The Labute approximate surface area is 141 Å². The molecular formula is C17H11N5. The van der Waals surface area contributed by atoms with Gasteiger partial charge in [-0.15, -0.1) is 0 Å². The summed E-state index contributed by atoms with van der Waals surface area (Å²) in [5, 5.41) is 22.0. The lowest BCUT2D eigenvalue weighted by atomic mass is 9.97. The van der Waals surface area contributed by atoms with Gasteiger partial charge in [0.1, 0.15) is 21.4 Å². The second-order valence-corrected chi connectivity index (χ2v) is 3.87. The molecule has 2 aromatic carbocycles. The molecule has 104 valence electrons. The molecule has 3 rings (SSSR count). The quantitative estimate of drug-likeness (QED) is 0.744. The maximum absolute atomic E-state index is 9.20. The van der Waals surface area contributed by atoms with Gasteiger partial charge in [-0.25, -0.2) is 9.67 Å². The van der Waals surface area contributed by atoms with Crippen LogP contribution >= 0.6 is 0 Å². The van der Waals surface area contributed by atoms with Crippen molar-refractivity contribution in [3.8, 4) is 12.1 Å². The summed E-state index contributed by atoms with van der Waals surface area (Å²) in [5.74, 6) is 0. The van der Waals surface area contributed by atoms with Crippen molar-refractivity contribution in [3.63, 3.8) is 0 Å². The Hall–Kier alpha value is -3.44. The van der Waals surface area contributed by atoms with Gasteiger partial charge in [-0.2, -0.15) is 15.6 Å². The van der Waals surface area contributed by atoms with E-state index in [1.54, 1.807) is 12.1 Å². The summed E-state index contributed by atoms with van der Waals surface area (Å²) < 4.78 is 82.4. The Balaban J connectivity index is 2.60. The van der Waals surface area contributed by atoms with Gasteiger partial charge in [0.25, 0.3) is 0 Å². The average molecular weight is 295 g/mol. The number of nitrogens with zero attached hydrogens (tertiary/aromatic N) is 5. The summed E-state index contributed by atoms with van der Waals surface area (Å²) in [6, 6.07) is -4.04. The lowest BCUT2D eigenvalue weighted by Crippen LogP contribution is -2.13. The van der Waals surface area contributed by atoms with Gasteiger partial charge in [0.15, 0.2) is 0 Å². The molecule has 0 bridgehead atoms. The van der Waals surface area contributed by atoms with E-state index in [-0.39, 0.29) is 0 Å². The maximum atomic E-state index is 9.20. The van der Waals surface area contributed by atoms with Gasteiger partial charge in [-0.1, -0.05) is 24.2 Å². The third-order valence-electron chi connectivity index (χ3n) is 2.57. The van der Waals surface area contributed by atoms with Crippen molar-refractivity contribution in [2.24, 2.45) is 0 Å². The molecule has 0 spiro atoms. The molecule has 0 aliphatic carbocycles. The third kappa shape index (κ3) is 2.56. The summed E-state index contributed by atoms with van der Waals surface area (Å²) in [6.45, 7) is 0. The number of benzene rings is 2. The molecule has 0 N–H and O–H groups in total. The lowest BCUT2D eigenvalue weighted by Gasteiger charge is -2.18. The van der Waals surface area contributed by atoms with Crippen LogP contribution in [0.2, 0.25) is 0 Å². The van der Waals surface area contributed by atoms with E-state index in [2.05, 4.69) is 10.1 Å². The van der Waals surface area contributed by atoms with Crippen LogP contribution in [-0.2, 0) is 0 Å². The molecule has 1 unspecified atom stereocenters. The van der Waals surface area contributed by atoms with Crippen LogP contribution in [0.1, 0.15) is 42.0 Å². The van der Waals surface area contributed by atoms with Crippen LogP contribution < -0.4 is 0 Å². The van der Waals surface area contributed by atoms with Crippen LogP contribution in [-0.4, -0.2) is 14.8 Å². The molecule has 22 heavy (non-hydrogen) atoms. The predicted molar refractivity (Wildman–Crippen MR) is 79.6 cm³/mol. The van der Waals surface area contributed by atoms with Gasteiger partial charge in [0.2, 0.25) is 0 Å². The molecule has 0 saturated carbocycles. The molecule has 5 heteroatoms. The van der Waals surface area contributed by atoms with Crippen molar-refractivity contribution in [1.29, 1.82) is 10.5 Å². The molecule has 5 nitrogen and oxygen atoms in total. The van der Waals surface area contributed by atoms with Crippen LogP contribution in [0.4, 0.5) is 0 Å². The Morgan fingerprint density at radius 2 is 1.64 bits per heavy atom. The maximum Gasteiger partial charge on any atom is 0.137 e. The fourth-order valence-corrected chi connectivity index (χ4v) is 1.63. The van der Waals surface area contributed by atoms with Crippen LogP contribution in [0.25, 0.3) is 0 Å². The normalized spacial score (nSPS) is 19.2. The molecule has 0 saturated heterocycles. The summed E-state index contributed by atoms with van der Waals surface area (Å²) in [4.78, 5) is 3.46. The van der Waals surface area contributed by atoms with E-state index < -0.39 is 83.2 Å². The van der Waals surface area contributed by atoms with E-state index in [0.29, 0.717) is 4.68 Å². The highest BCUT2D eigenvalue weighted by Gasteiger charge is 2.17. The van der Waals surface area contributed by atoms with Gasteiger partial charge in [0, 0.05) is 0 Å². The largest absolute Gasteiger partial charge is 0.241 e. The number of hydrogen-bond donors (Lipinski definition) is 0. The van der Waals surface area contributed by atoms with Crippen molar-refractivity contribution >= 4 is 0 Å². The van der Waals surface area contributed by atoms with Crippen molar-refractivity contribution in [1.82, 2.24) is 14.8 Å². The first kappa shape index (κ1) is 6.13. The van der Waals surface area contributed by atoms with Gasteiger partial charge < -0.3 is 0 Å². The van der Waals surface area contributed by atoms with Crippen LogP contribution in [0.5, 0.6) is 0 Å². The van der Waals surface area contributed by atoms with E-state index in [1.807, 2.05) is 0 Å². The predicted octanol–water partition coefficient (Wildman–Crippen LogP) is 2.66. The van der Waals surface area contributed by atoms with Crippen molar-refractivity contribution in [2.75, 3.05) is 0 Å². The number of aromatic nitrogens is 3. The van der Waals surface area contributed by atoms with Crippen molar-refractivity contribution in [3.05, 3.63) is 83.2 Å². The fraction of sp³-hybridized carbons (Fsp3) is 0.0588. The van der Waals surface area contributed by atoms with Crippen molar-refractivity contribution in [2.45, 2.75) is 6.02 Å². The molecule has 0 amide bonds. The van der Waals surface area contributed by atoms with Crippen molar-refractivity contribution < 1.29 is 13.7 Å². The Morgan fingerprint density at radius 1 is 1.00 bits per heavy atom. The first-order valence-corrected chi connectivity index (χ1v) is 5.84. The first-order valence-electron chi connectivity index (χ1n) is 10.8. The molecule has 0 fully saturated rings. The van der Waals surface area contributed by atoms with E-state index in [4.69, 9.17) is 13.7 Å².